The summed E-state index contributed by atoms with van der Waals surface area (Å²) in [6.07, 6.45) is 0. The van der Waals surface area contributed by atoms with Gasteiger partial charge in [0.25, 0.3) is 0 Å². The zero-order valence-electron chi connectivity index (χ0n) is 11.2. The van der Waals surface area contributed by atoms with E-state index < -0.39 is 22.2 Å². The van der Waals surface area contributed by atoms with Crippen molar-refractivity contribution in [1.82, 2.24) is 4.72 Å². The average Bonchev–Trinajstić information content (AvgIpc) is 2.36. The fourth-order valence-electron chi connectivity index (χ4n) is 1.41. The molecule has 1 rings (SSSR count). The molecular formula is C12H19NO5S. The highest BCUT2D eigenvalue weighted by Gasteiger charge is 2.23. The molecule has 6 nitrogen and oxygen atoms in total. The van der Waals surface area contributed by atoms with Gasteiger partial charge in [0, 0.05) is 6.54 Å². The van der Waals surface area contributed by atoms with Gasteiger partial charge in [-0.1, -0.05) is 0 Å². The number of benzene rings is 1. The smallest absolute Gasteiger partial charge is 0.240 e. The summed E-state index contributed by atoms with van der Waals surface area (Å²) >= 11 is 0. The second-order valence-electron chi connectivity index (χ2n) is 4.61. The molecule has 0 bridgehead atoms. The van der Waals surface area contributed by atoms with E-state index in [1.165, 1.54) is 26.2 Å². The Morgan fingerprint density at radius 3 is 2.53 bits per heavy atom. The Morgan fingerprint density at radius 2 is 2.05 bits per heavy atom. The van der Waals surface area contributed by atoms with Gasteiger partial charge in [0.2, 0.25) is 10.0 Å². The van der Waals surface area contributed by atoms with Gasteiger partial charge in [0.1, 0.15) is 5.75 Å². The zero-order valence-corrected chi connectivity index (χ0v) is 12.0. The van der Waals surface area contributed by atoms with Crippen molar-refractivity contribution >= 4 is 10.0 Å². The first kappa shape index (κ1) is 15.9. The first-order valence-corrected chi connectivity index (χ1v) is 7.18. The maximum absolute atomic E-state index is 12.0. The van der Waals surface area contributed by atoms with Crippen LogP contribution in [-0.4, -0.2) is 44.5 Å². The van der Waals surface area contributed by atoms with Gasteiger partial charge in [-0.3, -0.25) is 0 Å². The number of rotatable bonds is 6. The molecule has 0 aromatic heterocycles. The van der Waals surface area contributed by atoms with E-state index in [0.29, 0.717) is 11.3 Å². The summed E-state index contributed by atoms with van der Waals surface area (Å²) in [5.41, 5.74) is -0.798. The van der Waals surface area contributed by atoms with Crippen LogP contribution in [0.5, 0.6) is 5.75 Å². The molecule has 3 N–H and O–H groups in total. The zero-order chi connectivity index (χ0) is 14.7. The number of ether oxygens (including phenoxy) is 1. The van der Waals surface area contributed by atoms with Crippen molar-refractivity contribution in [2.24, 2.45) is 0 Å². The standard InChI is InChI=1S/C12H19NO5S/c1-9-6-10(4-5-11(9)18-3)19(16,17)13-7-12(2,15)8-14/h4-6,13-15H,7-8H2,1-3H3. The molecule has 1 aromatic rings. The molecule has 0 radical (unpaired) electrons. The van der Waals surface area contributed by atoms with E-state index in [4.69, 9.17) is 9.84 Å². The van der Waals surface area contributed by atoms with Gasteiger partial charge in [-0.05, 0) is 37.6 Å². The van der Waals surface area contributed by atoms with Crippen molar-refractivity contribution in [1.29, 1.82) is 0 Å². The van der Waals surface area contributed by atoms with Gasteiger partial charge in [-0.2, -0.15) is 0 Å². The van der Waals surface area contributed by atoms with Crippen LogP contribution in [0, 0.1) is 6.92 Å². The molecule has 1 unspecified atom stereocenters. The summed E-state index contributed by atoms with van der Waals surface area (Å²) in [5.74, 6) is 0.598. The van der Waals surface area contributed by atoms with Crippen LogP contribution >= 0.6 is 0 Å². The Bertz CT molecular complexity index is 539. The second-order valence-corrected chi connectivity index (χ2v) is 6.38. The van der Waals surface area contributed by atoms with Gasteiger partial charge in [-0.25, -0.2) is 13.1 Å². The van der Waals surface area contributed by atoms with Crippen molar-refractivity contribution in [3.8, 4) is 5.75 Å². The van der Waals surface area contributed by atoms with Gasteiger partial charge in [0.05, 0.1) is 24.2 Å². The van der Waals surface area contributed by atoms with Crippen molar-refractivity contribution in [2.45, 2.75) is 24.3 Å². The maximum Gasteiger partial charge on any atom is 0.240 e. The van der Waals surface area contributed by atoms with Gasteiger partial charge >= 0.3 is 0 Å². The minimum Gasteiger partial charge on any atom is -0.496 e. The lowest BCUT2D eigenvalue weighted by Gasteiger charge is -2.20. The maximum atomic E-state index is 12.0. The minimum absolute atomic E-state index is 0.0829. The van der Waals surface area contributed by atoms with E-state index >= 15 is 0 Å². The summed E-state index contributed by atoms with van der Waals surface area (Å²) in [7, 11) is -2.22. The molecule has 0 heterocycles. The number of hydrogen-bond donors (Lipinski definition) is 3. The van der Waals surface area contributed by atoms with Gasteiger partial charge in [0.15, 0.2) is 0 Å². The third-order valence-corrected chi connectivity index (χ3v) is 4.06. The SMILES string of the molecule is COc1ccc(S(=O)(=O)NCC(C)(O)CO)cc1C. The van der Waals surface area contributed by atoms with E-state index in [9.17, 15) is 13.5 Å². The highest BCUT2D eigenvalue weighted by atomic mass is 32.2. The topological polar surface area (TPSA) is 95.9 Å². The molecule has 0 spiro atoms. The van der Waals surface area contributed by atoms with Crippen LogP contribution in [0.1, 0.15) is 12.5 Å². The largest absolute Gasteiger partial charge is 0.496 e. The van der Waals surface area contributed by atoms with Crippen LogP contribution in [0.2, 0.25) is 0 Å². The Morgan fingerprint density at radius 1 is 1.42 bits per heavy atom. The van der Waals surface area contributed by atoms with Crippen LogP contribution in [0.3, 0.4) is 0 Å². The van der Waals surface area contributed by atoms with Crippen LogP contribution in [0.25, 0.3) is 0 Å². The number of nitrogens with one attached hydrogen (secondary N) is 1. The van der Waals surface area contributed by atoms with Gasteiger partial charge in [-0.15, -0.1) is 0 Å². The monoisotopic (exact) mass is 289 g/mol. The normalized spacial score (nSPS) is 15.0. The fraction of sp³-hybridized carbons (Fsp3) is 0.500. The Hall–Kier alpha value is -1.15. The lowest BCUT2D eigenvalue weighted by molar-refractivity contribution is 0.00681. The quantitative estimate of drug-likeness (QED) is 0.686. The van der Waals surface area contributed by atoms with E-state index in [1.54, 1.807) is 13.0 Å². The van der Waals surface area contributed by atoms with Crippen molar-refractivity contribution < 1.29 is 23.4 Å². The number of methoxy groups -OCH3 is 1. The fourth-order valence-corrected chi connectivity index (χ4v) is 2.65. The molecule has 0 aliphatic heterocycles. The molecule has 0 fully saturated rings. The first-order chi connectivity index (χ1) is 8.72. The van der Waals surface area contributed by atoms with Crippen LogP contribution < -0.4 is 9.46 Å². The first-order valence-electron chi connectivity index (χ1n) is 5.69. The summed E-state index contributed by atoms with van der Waals surface area (Å²) in [4.78, 5) is 0.0829. The molecule has 0 amide bonds. The predicted octanol–water partition coefficient (Wildman–Crippen LogP) is 0.0252. The van der Waals surface area contributed by atoms with Crippen molar-refractivity contribution in [3.63, 3.8) is 0 Å². The molecule has 7 heteroatoms. The molecule has 0 aliphatic carbocycles. The second kappa shape index (κ2) is 5.87. The number of aryl methyl sites for hydroxylation is 1. The van der Waals surface area contributed by atoms with Crippen molar-refractivity contribution in [2.75, 3.05) is 20.3 Å². The van der Waals surface area contributed by atoms with E-state index in [2.05, 4.69) is 4.72 Å². The van der Waals surface area contributed by atoms with E-state index in [1.807, 2.05) is 0 Å². The molecular weight excluding hydrogens is 270 g/mol. The van der Waals surface area contributed by atoms with E-state index in [0.717, 1.165) is 0 Å². The van der Waals surface area contributed by atoms with Gasteiger partial charge < -0.3 is 14.9 Å². The molecule has 19 heavy (non-hydrogen) atoms. The Labute approximate surface area is 113 Å². The summed E-state index contributed by atoms with van der Waals surface area (Å²) in [6, 6.07) is 4.46. The number of sulfonamides is 1. The average molecular weight is 289 g/mol. The third-order valence-electron chi connectivity index (χ3n) is 2.66. The Kier molecular flexibility index (Phi) is 4.92. The van der Waals surface area contributed by atoms with Crippen LogP contribution in [0.4, 0.5) is 0 Å². The summed E-state index contributed by atoms with van der Waals surface area (Å²) in [6.45, 7) is 2.28. The minimum atomic E-state index is -3.73. The Balaban J connectivity index is 2.92. The van der Waals surface area contributed by atoms with Crippen molar-refractivity contribution in [3.05, 3.63) is 23.8 Å². The molecule has 108 valence electrons. The number of aliphatic hydroxyl groups is 2. The molecule has 0 aliphatic rings. The molecule has 0 saturated carbocycles. The van der Waals surface area contributed by atoms with Crippen LogP contribution in [-0.2, 0) is 10.0 Å². The highest BCUT2D eigenvalue weighted by molar-refractivity contribution is 7.89. The molecule has 1 aromatic carbocycles. The lowest BCUT2D eigenvalue weighted by atomic mass is 10.1. The highest BCUT2D eigenvalue weighted by Crippen LogP contribution is 2.21. The van der Waals surface area contributed by atoms with E-state index in [-0.39, 0.29) is 11.4 Å². The van der Waals surface area contributed by atoms with Crippen LogP contribution in [0.15, 0.2) is 23.1 Å². The lowest BCUT2D eigenvalue weighted by Crippen LogP contribution is -2.43. The molecule has 0 saturated heterocycles. The number of hydrogen-bond acceptors (Lipinski definition) is 5. The summed E-state index contributed by atoms with van der Waals surface area (Å²) < 4.78 is 31.3. The number of aliphatic hydroxyl groups excluding tert-OH is 1. The predicted molar refractivity (Wildman–Crippen MR) is 70.6 cm³/mol. The molecule has 1 atom stereocenters. The summed E-state index contributed by atoms with van der Waals surface area (Å²) in [5, 5.41) is 18.4. The third kappa shape index (κ3) is 4.17.